The molecular formula is C26H22F2N4O5S. The van der Waals surface area contributed by atoms with Crippen molar-refractivity contribution in [3.05, 3.63) is 77.6 Å². The van der Waals surface area contributed by atoms with Gasteiger partial charge in [-0.05, 0) is 42.0 Å². The lowest BCUT2D eigenvalue weighted by atomic mass is 10.1. The van der Waals surface area contributed by atoms with Gasteiger partial charge >= 0.3 is 0 Å². The number of alkyl halides is 2. The third-order valence-corrected chi connectivity index (χ3v) is 7.58. The number of carbonyl (C=O) groups excluding carboxylic acids is 1. The maximum atomic E-state index is 12.8. The van der Waals surface area contributed by atoms with Crippen LogP contribution in [0.25, 0.3) is 22.3 Å². The third-order valence-electron chi connectivity index (χ3n) is 5.82. The Morgan fingerprint density at radius 3 is 2.76 bits per heavy atom. The van der Waals surface area contributed by atoms with Crippen molar-refractivity contribution in [1.82, 2.24) is 20.3 Å². The predicted molar refractivity (Wildman–Crippen MR) is 134 cm³/mol. The summed E-state index contributed by atoms with van der Waals surface area (Å²) in [5.41, 5.74) is 2.84. The summed E-state index contributed by atoms with van der Waals surface area (Å²) < 4.78 is 60.2. The van der Waals surface area contributed by atoms with Gasteiger partial charge in [-0.15, -0.1) is 0 Å². The van der Waals surface area contributed by atoms with E-state index in [9.17, 15) is 22.0 Å². The molecule has 12 heteroatoms. The van der Waals surface area contributed by atoms with Crippen LogP contribution < -0.4 is 10.1 Å². The van der Waals surface area contributed by atoms with Crippen molar-refractivity contribution in [3.8, 4) is 17.3 Å². The van der Waals surface area contributed by atoms with Crippen LogP contribution >= 0.6 is 0 Å². The van der Waals surface area contributed by atoms with Gasteiger partial charge in [0.05, 0.1) is 53.0 Å². The number of ether oxygens (including phenoxy) is 2. The van der Waals surface area contributed by atoms with E-state index < -0.39 is 28.8 Å². The normalized spacial score (nSPS) is 14.6. The number of hydrogen-bond acceptors (Lipinski definition) is 8. The Morgan fingerprint density at radius 1 is 1.08 bits per heavy atom. The second kappa shape index (κ2) is 10.8. The first-order valence-corrected chi connectivity index (χ1v) is 13.3. The van der Waals surface area contributed by atoms with Crippen LogP contribution in [0.1, 0.15) is 21.6 Å². The fourth-order valence-corrected chi connectivity index (χ4v) is 5.31. The van der Waals surface area contributed by atoms with Gasteiger partial charge in [-0.3, -0.25) is 9.78 Å². The van der Waals surface area contributed by atoms with Gasteiger partial charge in [0.25, 0.3) is 12.3 Å². The molecule has 9 nitrogen and oxygen atoms in total. The average Bonchev–Trinajstić information content (AvgIpc) is 3.07. The number of halogens is 2. The number of sulfone groups is 1. The number of rotatable bonds is 7. The van der Waals surface area contributed by atoms with E-state index >= 15 is 0 Å². The predicted octanol–water partition coefficient (Wildman–Crippen LogP) is 3.57. The maximum Gasteiger partial charge on any atom is 0.272 e. The number of pyridine rings is 3. The van der Waals surface area contributed by atoms with Crippen LogP contribution in [0.2, 0.25) is 0 Å². The molecule has 0 fully saturated rings. The van der Waals surface area contributed by atoms with Gasteiger partial charge in [0.15, 0.2) is 16.4 Å². The molecule has 1 aliphatic rings. The van der Waals surface area contributed by atoms with Crippen LogP contribution in [0.4, 0.5) is 8.78 Å². The molecule has 0 bridgehead atoms. The molecule has 0 atom stereocenters. The van der Waals surface area contributed by atoms with Gasteiger partial charge in [0.1, 0.15) is 0 Å². The number of amides is 1. The van der Waals surface area contributed by atoms with Crippen molar-refractivity contribution in [2.45, 2.75) is 24.5 Å². The van der Waals surface area contributed by atoms with Crippen LogP contribution in [-0.4, -0.2) is 54.7 Å². The number of hydrogen-bond donors (Lipinski definition) is 1. The second-order valence-electron chi connectivity index (χ2n) is 8.50. The highest BCUT2D eigenvalue weighted by atomic mass is 32.2. The topological polar surface area (TPSA) is 120 Å². The van der Waals surface area contributed by atoms with Crippen LogP contribution in [0.5, 0.6) is 5.88 Å². The molecule has 1 amide bonds. The Labute approximate surface area is 216 Å². The summed E-state index contributed by atoms with van der Waals surface area (Å²) in [7, 11) is -3.53. The van der Waals surface area contributed by atoms with E-state index in [1.54, 1.807) is 48.7 Å². The first-order chi connectivity index (χ1) is 18.3. The number of nitrogens with zero attached hydrogens (tertiary/aromatic N) is 3. The summed E-state index contributed by atoms with van der Waals surface area (Å²) >= 11 is 0. The molecule has 1 aromatic carbocycles. The van der Waals surface area contributed by atoms with E-state index in [0.717, 1.165) is 5.39 Å². The maximum absolute atomic E-state index is 12.8. The standard InChI is InChI=1S/C26H22F2N4O5S/c27-24(28)15-37-25-3-1-2-20(32-25)21-7-6-17-12-29-19(11-22(17)31-21)13-30-26(33)16-4-5-18-14-36-8-9-38(34,35)23(18)10-16/h1-7,10-12,24H,8-9,13-15H2,(H,30,33). The first kappa shape index (κ1) is 25.6. The number of carbonyl (C=O) groups is 1. The van der Waals surface area contributed by atoms with Crippen molar-refractivity contribution in [1.29, 1.82) is 0 Å². The Kier molecular flexibility index (Phi) is 7.25. The molecular weight excluding hydrogens is 518 g/mol. The summed E-state index contributed by atoms with van der Waals surface area (Å²) in [6.45, 7) is -0.383. The molecule has 3 aromatic heterocycles. The lowest BCUT2D eigenvalue weighted by molar-refractivity contribution is 0.0796. The van der Waals surface area contributed by atoms with Crippen molar-refractivity contribution in [3.63, 3.8) is 0 Å². The Balaban J connectivity index is 1.32. The van der Waals surface area contributed by atoms with E-state index in [-0.39, 0.29) is 41.9 Å². The quantitative estimate of drug-likeness (QED) is 0.378. The zero-order valence-electron chi connectivity index (χ0n) is 19.9. The molecule has 1 N–H and O–H groups in total. The summed E-state index contributed by atoms with van der Waals surface area (Å²) in [6, 6.07) is 14.6. The molecule has 0 radical (unpaired) electrons. The number of aromatic nitrogens is 3. The number of nitrogens with one attached hydrogen (secondary N) is 1. The summed E-state index contributed by atoms with van der Waals surface area (Å²) in [6.07, 6.45) is -0.983. The van der Waals surface area contributed by atoms with Gasteiger partial charge in [-0.2, -0.15) is 0 Å². The molecule has 4 heterocycles. The lowest BCUT2D eigenvalue weighted by Crippen LogP contribution is -2.23. The van der Waals surface area contributed by atoms with Gasteiger partial charge < -0.3 is 14.8 Å². The minimum atomic E-state index is -3.53. The van der Waals surface area contributed by atoms with E-state index in [1.165, 1.54) is 12.1 Å². The molecule has 1 aliphatic heterocycles. The van der Waals surface area contributed by atoms with Crippen LogP contribution in [0.15, 0.2) is 65.7 Å². The SMILES string of the molecule is O=C(NCc1cc2nc(-c3cccc(OCC(F)F)n3)ccc2cn1)c1ccc2c(c1)S(=O)(=O)CCOC2. The van der Waals surface area contributed by atoms with Gasteiger partial charge in [-0.1, -0.05) is 12.1 Å². The molecule has 0 saturated heterocycles. The molecule has 38 heavy (non-hydrogen) atoms. The molecule has 0 saturated carbocycles. The van der Waals surface area contributed by atoms with Gasteiger partial charge in [0.2, 0.25) is 5.88 Å². The molecule has 0 unspecified atom stereocenters. The molecule has 0 aliphatic carbocycles. The molecule has 4 aromatic rings. The van der Waals surface area contributed by atoms with Gasteiger partial charge in [0, 0.05) is 23.2 Å². The van der Waals surface area contributed by atoms with Crippen LogP contribution in [-0.2, 0) is 27.7 Å². The monoisotopic (exact) mass is 540 g/mol. The fourth-order valence-electron chi connectivity index (χ4n) is 3.92. The van der Waals surface area contributed by atoms with E-state index in [2.05, 4.69) is 20.3 Å². The first-order valence-electron chi connectivity index (χ1n) is 11.6. The summed E-state index contributed by atoms with van der Waals surface area (Å²) in [5, 5.41) is 3.52. The fraction of sp³-hybridized carbons (Fsp3) is 0.231. The summed E-state index contributed by atoms with van der Waals surface area (Å²) in [5.74, 6) is -0.508. The molecule has 196 valence electrons. The minimum Gasteiger partial charge on any atom is -0.472 e. The van der Waals surface area contributed by atoms with Crippen molar-refractivity contribution in [2.24, 2.45) is 0 Å². The zero-order valence-corrected chi connectivity index (χ0v) is 20.7. The Morgan fingerprint density at radius 2 is 1.92 bits per heavy atom. The minimum absolute atomic E-state index is 0.0703. The lowest BCUT2D eigenvalue weighted by Gasteiger charge is -2.10. The van der Waals surface area contributed by atoms with Crippen LogP contribution in [0, 0.1) is 0 Å². The van der Waals surface area contributed by atoms with Crippen molar-refractivity contribution in [2.75, 3.05) is 19.0 Å². The smallest absolute Gasteiger partial charge is 0.272 e. The Bertz CT molecular complexity index is 1610. The largest absolute Gasteiger partial charge is 0.472 e. The van der Waals surface area contributed by atoms with Crippen molar-refractivity contribution < 1.29 is 31.5 Å². The highest BCUT2D eigenvalue weighted by Gasteiger charge is 2.23. The van der Waals surface area contributed by atoms with Crippen molar-refractivity contribution >= 4 is 26.6 Å². The van der Waals surface area contributed by atoms with Gasteiger partial charge in [-0.25, -0.2) is 27.2 Å². The van der Waals surface area contributed by atoms with E-state index in [0.29, 0.717) is 28.2 Å². The third kappa shape index (κ3) is 5.76. The Hall–Kier alpha value is -4.03. The van der Waals surface area contributed by atoms with E-state index in [1.807, 2.05) is 0 Å². The van der Waals surface area contributed by atoms with E-state index in [4.69, 9.17) is 9.47 Å². The average molecular weight is 541 g/mol. The zero-order chi connectivity index (χ0) is 26.7. The van der Waals surface area contributed by atoms with Crippen LogP contribution in [0.3, 0.4) is 0 Å². The number of fused-ring (bicyclic) bond motifs is 2. The molecule has 0 spiro atoms. The summed E-state index contributed by atoms with van der Waals surface area (Å²) in [4.78, 5) is 26.1. The highest BCUT2D eigenvalue weighted by molar-refractivity contribution is 7.91. The molecule has 5 rings (SSSR count). The highest BCUT2D eigenvalue weighted by Crippen LogP contribution is 2.24. The second-order valence-corrected chi connectivity index (χ2v) is 10.6. The number of benzene rings is 1.